The van der Waals surface area contributed by atoms with Crippen molar-refractivity contribution < 1.29 is 28.3 Å². The number of thiazole rings is 1. The van der Waals surface area contributed by atoms with E-state index >= 15 is 0 Å². The molecule has 43 heavy (non-hydrogen) atoms. The first-order chi connectivity index (χ1) is 20.6. The predicted octanol–water partition coefficient (Wildman–Crippen LogP) is 4.76. The Balaban J connectivity index is 1.60. The topological polar surface area (TPSA) is 135 Å². The van der Waals surface area contributed by atoms with Crippen LogP contribution in [-0.4, -0.2) is 35.3 Å². The zero-order chi connectivity index (χ0) is 30.8. The van der Waals surface area contributed by atoms with E-state index < -0.39 is 16.9 Å². The van der Waals surface area contributed by atoms with Gasteiger partial charge in [0.25, 0.3) is 11.2 Å². The Labute approximate surface area is 250 Å². The number of ether oxygens (including phenoxy) is 3. The Bertz CT molecular complexity index is 1910. The molecule has 0 fully saturated rings. The number of fused-ring (bicyclic) bond motifs is 1. The quantitative estimate of drug-likeness (QED) is 0.152. The van der Waals surface area contributed by atoms with Crippen LogP contribution in [0.15, 0.2) is 80.1 Å². The van der Waals surface area contributed by atoms with E-state index in [0.29, 0.717) is 50.0 Å². The highest BCUT2D eigenvalue weighted by molar-refractivity contribution is 7.07. The highest BCUT2D eigenvalue weighted by Crippen LogP contribution is 2.35. The van der Waals surface area contributed by atoms with Crippen LogP contribution < -0.4 is 24.4 Å². The summed E-state index contributed by atoms with van der Waals surface area (Å²) in [4.78, 5) is 42.9. The Kier molecular flexibility index (Phi) is 8.31. The van der Waals surface area contributed by atoms with Crippen LogP contribution in [0.1, 0.15) is 45.1 Å². The fraction of sp³-hybridized carbons (Fsp3) is 0.258. The summed E-state index contributed by atoms with van der Waals surface area (Å²) in [6.45, 7) is 7.65. The molecule has 1 aliphatic heterocycles. The van der Waals surface area contributed by atoms with E-state index in [1.807, 2.05) is 19.1 Å². The molecule has 2 aromatic heterocycles. The molecule has 0 saturated heterocycles. The number of carbonyl (C=O) groups excluding carboxylic acids is 1. The van der Waals surface area contributed by atoms with Crippen molar-refractivity contribution in [2.24, 2.45) is 4.99 Å². The molecular weight excluding hydrogens is 574 g/mol. The second-order valence-electron chi connectivity index (χ2n) is 9.88. The average molecular weight is 604 g/mol. The SMILES string of the molecule is CCOc1ccc([C@@H]2C(C(=O)OC(C)C)=C(C)N=c3s/c(=C/c4ccc(-c5ccc([N+](=O)[O-])cc5OC)o4)c(=O)n32)cc1. The number of nitrogens with zero attached hydrogens (tertiary/aromatic N) is 3. The van der Waals surface area contributed by atoms with Crippen molar-refractivity contribution in [3.8, 4) is 22.8 Å². The number of nitro groups is 1. The third-order valence-corrected chi connectivity index (χ3v) is 7.64. The minimum Gasteiger partial charge on any atom is -0.496 e. The minimum absolute atomic E-state index is 0.109. The van der Waals surface area contributed by atoms with Gasteiger partial charge < -0.3 is 18.6 Å². The van der Waals surface area contributed by atoms with E-state index in [2.05, 4.69) is 4.99 Å². The molecule has 0 N–H and O–H groups in total. The molecule has 2 aromatic carbocycles. The molecule has 11 nitrogen and oxygen atoms in total. The third kappa shape index (κ3) is 5.86. The van der Waals surface area contributed by atoms with Crippen LogP contribution in [0.25, 0.3) is 17.4 Å². The fourth-order valence-corrected chi connectivity index (χ4v) is 5.82. The van der Waals surface area contributed by atoms with Gasteiger partial charge in [-0.05, 0) is 63.6 Å². The van der Waals surface area contributed by atoms with Crippen LogP contribution in [-0.2, 0) is 9.53 Å². The summed E-state index contributed by atoms with van der Waals surface area (Å²) in [6.07, 6.45) is 1.24. The standard InChI is InChI=1S/C31H29N3O8S/c1-6-40-21-10-7-19(8-11-21)28-27(30(36)41-17(2)3)18(4)32-31-33(28)29(35)26(43-31)16-22-12-14-24(42-22)23-13-9-20(34(37)38)15-25(23)39-5/h7-17,28H,6H2,1-5H3/b26-16+/t28-/m1/s1. The Morgan fingerprint density at radius 1 is 1.19 bits per heavy atom. The third-order valence-electron chi connectivity index (χ3n) is 6.65. The number of methoxy groups -OCH3 is 1. The van der Waals surface area contributed by atoms with Gasteiger partial charge >= 0.3 is 5.97 Å². The molecule has 0 saturated carbocycles. The number of hydrogen-bond donors (Lipinski definition) is 0. The van der Waals surface area contributed by atoms with Gasteiger partial charge in [-0.25, -0.2) is 9.79 Å². The van der Waals surface area contributed by atoms with Crippen LogP contribution in [0.4, 0.5) is 5.69 Å². The normalized spacial score (nSPS) is 14.8. The lowest BCUT2D eigenvalue weighted by atomic mass is 9.96. The highest BCUT2D eigenvalue weighted by atomic mass is 32.1. The van der Waals surface area contributed by atoms with Crippen LogP contribution in [0.2, 0.25) is 0 Å². The van der Waals surface area contributed by atoms with Crippen molar-refractivity contribution in [1.82, 2.24) is 4.57 Å². The Morgan fingerprint density at radius 3 is 2.58 bits per heavy atom. The summed E-state index contributed by atoms with van der Waals surface area (Å²) in [6, 6.07) is 14.1. The number of nitro benzene ring substituents is 1. The summed E-state index contributed by atoms with van der Waals surface area (Å²) in [7, 11) is 1.42. The van der Waals surface area contributed by atoms with Crippen molar-refractivity contribution in [3.05, 3.63) is 107 Å². The van der Waals surface area contributed by atoms with Gasteiger partial charge in [-0.3, -0.25) is 19.5 Å². The zero-order valence-electron chi connectivity index (χ0n) is 24.2. The molecule has 0 radical (unpaired) electrons. The number of esters is 1. The van der Waals surface area contributed by atoms with E-state index in [1.165, 1.54) is 35.1 Å². The zero-order valence-corrected chi connectivity index (χ0v) is 25.0. The maximum atomic E-state index is 13.9. The number of rotatable bonds is 9. The van der Waals surface area contributed by atoms with Gasteiger partial charge in [-0.1, -0.05) is 23.5 Å². The van der Waals surface area contributed by atoms with E-state index in [-0.39, 0.29) is 28.7 Å². The van der Waals surface area contributed by atoms with Crippen molar-refractivity contribution in [3.63, 3.8) is 0 Å². The first-order valence-corrected chi connectivity index (χ1v) is 14.3. The second kappa shape index (κ2) is 12.1. The van der Waals surface area contributed by atoms with Gasteiger partial charge in [0.2, 0.25) is 0 Å². The van der Waals surface area contributed by atoms with Crippen molar-refractivity contribution in [2.75, 3.05) is 13.7 Å². The molecule has 1 aliphatic rings. The van der Waals surface area contributed by atoms with Crippen LogP contribution in [0, 0.1) is 10.1 Å². The molecule has 5 rings (SSSR count). The van der Waals surface area contributed by atoms with Crippen molar-refractivity contribution >= 4 is 29.1 Å². The minimum atomic E-state index is -0.767. The summed E-state index contributed by atoms with van der Waals surface area (Å²) in [5, 5.41) is 11.2. The molecular formula is C31H29N3O8S. The van der Waals surface area contributed by atoms with Gasteiger partial charge in [-0.2, -0.15) is 0 Å². The second-order valence-corrected chi connectivity index (χ2v) is 10.9. The summed E-state index contributed by atoms with van der Waals surface area (Å²) < 4.78 is 24.3. The fourth-order valence-electron chi connectivity index (χ4n) is 4.79. The van der Waals surface area contributed by atoms with Gasteiger partial charge in [0.05, 0.1) is 58.2 Å². The summed E-state index contributed by atoms with van der Waals surface area (Å²) in [5.41, 5.74) is 1.50. The molecule has 0 bridgehead atoms. The maximum Gasteiger partial charge on any atom is 0.338 e. The van der Waals surface area contributed by atoms with Crippen LogP contribution in [0.3, 0.4) is 0 Å². The Hall–Kier alpha value is -4.97. The first kappa shape index (κ1) is 29.5. The largest absolute Gasteiger partial charge is 0.496 e. The van der Waals surface area contributed by atoms with Gasteiger partial charge in [-0.15, -0.1) is 0 Å². The molecule has 0 unspecified atom stereocenters. The number of benzene rings is 2. The van der Waals surface area contributed by atoms with E-state index in [0.717, 1.165) is 0 Å². The van der Waals surface area contributed by atoms with E-state index in [1.54, 1.807) is 57.2 Å². The molecule has 1 atom stereocenters. The lowest BCUT2D eigenvalue weighted by Gasteiger charge is -2.25. The average Bonchev–Trinajstić information content (AvgIpc) is 3.56. The van der Waals surface area contributed by atoms with Gasteiger partial charge in [0.15, 0.2) is 4.80 Å². The van der Waals surface area contributed by atoms with Crippen LogP contribution in [0.5, 0.6) is 11.5 Å². The summed E-state index contributed by atoms with van der Waals surface area (Å²) >= 11 is 1.17. The smallest absolute Gasteiger partial charge is 0.338 e. The number of hydrogen-bond acceptors (Lipinski definition) is 10. The number of furan rings is 1. The molecule has 0 amide bonds. The van der Waals surface area contributed by atoms with Crippen LogP contribution >= 0.6 is 11.3 Å². The predicted molar refractivity (Wildman–Crippen MR) is 160 cm³/mol. The maximum absolute atomic E-state index is 13.9. The number of carbonyl (C=O) groups is 1. The highest BCUT2D eigenvalue weighted by Gasteiger charge is 2.34. The van der Waals surface area contributed by atoms with Gasteiger partial charge in [0.1, 0.15) is 23.0 Å². The van der Waals surface area contributed by atoms with E-state index in [4.69, 9.17) is 18.6 Å². The molecule has 222 valence electrons. The number of aromatic nitrogens is 1. The van der Waals surface area contributed by atoms with Gasteiger partial charge in [0, 0.05) is 12.1 Å². The molecule has 0 spiro atoms. The lowest BCUT2D eigenvalue weighted by Crippen LogP contribution is -2.40. The van der Waals surface area contributed by atoms with E-state index in [9.17, 15) is 19.7 Å². The first-order valence-electron chi connectivity index (χ1n) is 13.5. The molecule has 3 heterocycles. The number of non-ortho nitro benzene ring substituents is 1. The Morgan fingerprint density at radius 2 is 1.93 bits per heavy atom. The lowest BCUT2D eigenvalue weighted by molar-refractivity contribution is -0.384. The van der Waals surface area contributed by atoms with Crippen molar-refractivity contribution in [2.45, 2.75) is 39.8 Å². The molecule has 12 heteroatoms. The molecule has 4 aromatic rings. The van der Waals surface area contributed by atoms with Crippen molar-refractivity contribution in [1.29, 1.82) is 0 Å². The number of allylic oxidation sites excluding steroid dienone is 1. The monoisotopic (exact) mass is 603 g/mol. The summed E-state index contributed by atoms with van der Waals surface area (Å²) in [5.74, 6) is 1.20. The molecule has 0 aliphatic carbocycles.